The van der Waals surface area contributed by atoms with Gasteiger partial charge in [0.15, 0.2) is 0 Å². The number of hydrogen-bond acceptors (Lipinski definition) is 2. The number of rotatable bonds is 3. The second kappa shape index (κ2) is 6.55. The van der Waals surface area contributed by atoms with Crippen molar-refractivity contribution in [2.75, 3.05) is 5.32 Å². The molecule has 2 heterocycles. The lowest BCUT2D eigenvalue weighted by Crippen LogP contribution is -2.14. The van der Waals surface area contributed by atoms with E-state index in [9.17, 15) is 4.79 Å². The van der Waals surface area contributed by atoms with E-state index in [1.807, 2.05) is 49.5 Å². The first-order valence-electron chi connectivity index (χ1n) is 8.37. The van der Waals surface area contributed by atoms with Crippen LogP contribution in [0.3, 0.4) is 0 Å². The molecule has 1 aromatic carbocycles. The number of fused-ring (bicyclic) bond motifs is 1. The molecule has 0 spiro atoms. The molecule has 1 amide bonds. The van der Waals surface area contributed by atoms with Gasteiger partial charge >= 0.3 is 0 Å². The van der Waals surface area contributed by atoms with Crippen molar-refractivity contribution >= 4 is 28.6 Å². The van der Waals surface area contributed by atoms with E-state index in [4.69, 9.17) is 0 Å². The summed E-state index contributed by atoms with van der Waals surface area (Å²) < 4.78 is 0. The topological polar surface area (TPSA) is 57.8 Å². The van der Waals surface area contributed by atoms with E-state index in [1.54, 1.807) is 12.2 Å². The molecule has 0 saturated heterocycles. The van der Waals surface area contributed by atoms with Crippen molar-refractivity contribution in [3.8, 4) is 0 Å². The summed E-state index contributed by atoms with van der Waals surface area (Å²) in [6.07, 6.45) is 5.23. The largest absolute Gasteiger partial charge is 0.361 e. The van der Waals surface area contributed by atoms with Crippen LogP contribution < -0.4 is 5.32 Å². The Balaban J connectivity index is 1.71. The Morgan fingerprint density at radius 3 is 2.68 bits per heavy atom. The molecule has 3 rings (SSSR count). The number of H-pyrrole nitrogens is 1. The van der Waals surface area contributed by atoms with Gasteiger partial charge in [0.25, 0.3) is 0 Å². The summed E-state index contributed by atoms with van der Waals surface area (Å²) in [6.45, 7) is 8.38. The monoisotopic (exact) mass is 333 g/mol. The van der Waals surface area contributed by atoms with E-state index < -0.39 is 0 Å². The summed E-state index contributed by atoms with van der Waals surface area (Å²) in [5.41, 5.74) is 4.70. The Morgan fingerprint density at radius 2 is 1.96 bits per heavy atom. The van der Waals surface area contributed by atoms with Gasteiger partial charge < -0.3 is 10.3 Å². The number of aromatic amines is 1. The maximum atomic E-state index is 12.2. The number of benzene rings is 1. The minimum atomic E-state index is -0.162. The van der Waals surface area contributed by atoms with Crippen LogP contribution in [0.4, 0.5) is 5.69 Å². The molecule has 0 saturated carbocycles. The Bertz CT molecular complexity index is 945. The van der Waals surface area contributed by atoms with Crippen molar-refractivity contribution in [2.24, 2.45) is 0 Å². The quantitative estimate of drug-likeness (QED) is 0.675. The summed E-state index contributed by atoms with van der Waals surface area (Å²) in [6, 6.07) is 11.8. The second-order valence-electron chi connectivity index (χ2n) is 7.22. The standard InChI is InChI=1S/C21H23N3O/c1-14-15(6-9-19(23-14)21(2,3)4)7-10-20(25)24-17-8-5-16-11-12-22-18(16)13-17/h5-13,22H,1-4H3,(H,24,25). The van der Waals surface area contributed by atoms with E-state index in [2.05, 4.69) is 36.1 Å². The van der Waals surface area contributed by atoms with Crippen LogP contribution in [0.25, 0.3) is 17.0 Å². The normalized spacial score (nSPS) is 12.0. The van der Waals surface area contributed by atoms with Crippen molar-refractivity contribution in [2.45, 2.75) is 33.1 Å². The summed E-state index contributed by atoms with van der Waals surface area (Å²) in [5, 5.41) is 4.00. The fraction of sp³-hybridized carbons (Fsp3) is 0.238. The molecule has 25 heavy (non-hydrogen) atoms. The number of carbonyl (C=O) groups excluding carboxylic acids is 1. The highest BCUT2D eigenvalue weighted by molar-refractivity contribution is 6.02. The van der Waals surface area contributed by atoms with Crippen LogP contribution in [0.1, 0.15) is 37.7 Å². The van der Waals surface area contributed by atoms with Gasteiger partial charge in [-0.05, 0) is 48.2 Å². The Hall–Kier alpha value is -2.88. The molecular weight excluding hydrogens is 310 g/mol. The molecule has 4 nitrogen and oxygen atoms in total. The first kappa shape index (κ1) is 17.0. The third-order valence-corrected chi connectivity index (χ3v) is 4.13. The lowest BCUT2D eigenvalue weighted by molar-refractivity contribution is -0.111. The third kappa shape index (κ3) is 3.97. The zero-order valence-electron chi connectivity index (χ0n) is 15.1. The van der Waals surface area contributed by atoms with Gasteiger partial charge in [-0.15, -0.1) is 0 Å². The second-order valence-corrected chi connectivity index (χ2v) is 7.22. The molecule has 0 aliphatic heterocycles. The van der Waals surface area contributed by atoms with Crippen molar-refractivity contribution < 1.29 is 4.79 Å². The maximum Gasteiger partial charge on any atom is 0.248 e. The number of anilines is 1. The van der Waals surface area contributed by atoms with Crippen LogP contribution >= 0.6 is 0 Å². The lowest BCUT2D eigenvalue weighted by Gasteiger charge is -2.18. The molecule has 4 heteroatoms. The van der Waals surface area contributed by atoms with Gasteiger partial charge in [0.2, 0.25) is 5.91 Å². The number of aryl methyl sites for hydroxylation is 1. The number of pyridine rings is 1. The molecule has 3 aromatic rings. The van der Waals surface area contributed by atoms with Crippen molar-refractivity contribution in [3.05, 3.63) is 65.6 Å². The van der Waals surface area contributed by atoms with Crippen LogP contribution in [0, 0.1) is 6.92 Å². The molecule has 128 valence electrons. The van der Waals surface area contributed by atoms with E-state index in [-0.39, 0.29) is 11.3 Å². The molecule has 0 aliphatic rings. The molecule has 0 radical (unpaired) electrons. The van der Waals surface area contributed by atoms with Gasteiger partial charge in [0.05, 0.1) is 0 Å². The number of hydrogen-bond donors (Lipinski definition) is 2. The molecule has 0 unspecified atom stereocenters. The number of carbonyl (C=O) groups is 1. The Morgan fingerprint density at radius 1 is 1.16 bits per heavy atom. The fourth-order valence-electron chi connectivity index (χ4n) is 2.64. The first-order valence-corrected chi connectivity index (χ1v) is 8.37. The predicted octanol–water partition coefficient (Wildman–Crippen LogP) is 4.82. The number of aromatic nitrogens is 2. The molecule has 2 N–H and O–H groups in total. The summed E-state index contributed by atoms with van der Waals surface area (Å²) in [5.74, 6) is -0.162. The summed E-state index contributed by atoms with van der Waals surface area (Å²) >= 11 is 0. The highest BCUT2D eigenvalue weighted by Gasteiger charge is 2.15. The predicted molar refractivity (Wildman–Crippen MR) is 104 cm³/mol. The van der Waals surface area contributed by atoms with Gasteiger partial charge in [-0.2, -0.15) is 0 Å². The molecule has 0 aliphatic carbocycles. The number of nitrogens with zero attached hydrogens (tertiary/aromatic N) is 1. The molecule has 2 aromatic heterocycles. The van der Waals surface area contributed by atoms with Gasteiger partial charge in [-0.3, -0.25) is 9.78 Å². The van der Waals surface area contributed by atoms with Crippen molar-refractivity contribution in [1.82, 2.24) is 9.97 Å². The average Bonchev–Trinajstić information content (AvgIpc) is 3.00. The minimum absolute atomic E-state index is 0.0147. The molecule has 0 atom stereocenters. The third-order valence-electron chi connectivity index (χ3n) is 4.13. The van der Waals surface area contributed by atoms with Crippen molar-refractivity contribution in [3.63, 3.8) is 0 Å². The fourth-order valence-corrected chi connectivity index (χ4v) is 2.64. The van der Waals surface area contributed by atoms with Crippen LogP contribution in [-0.2, 0) is 10.2 Å². The van der Waals surface area contributed by atoms with Gasteiger partial charge in [-0.1, -0.05) is 32.9 Å². The SMILES string of the molecule is Cc1nc(C(C)(C)C)ccc1C=CC(=O)Nc1ccc2cc[nH]c2c1. The van der Waals surface area contributed by atoms with Gasteiger partial charge in [0.1, 0.15) is 0 Å². The lowest BCUT2D eigenvalue weighted by atomic mass is 9.91. The van der Waals surface area contributed by atoms with Crippen LogP contribution in [-0.4, -0.2) is 15.9 Å². The summed E-state index contributed by atoms with van der Waals surface area (Å²) in [4.78, 5) is 20.0. The molecular formula is C21H23N3O. The Kier molecular flexibility index (Phi) is 4.45. The highest BCUT2D eigenvalue weighted by Crippen LogP contribution is 2.22. The molecule has 0 fully saturated rings. The number of amides is 1. The van der Waals surface area contributed by atoms with E-state index >= 15 is 0 Å². The maximum absolute atomic E-state index is 12.2. The van der Waals surface area contributed by atoms with E-state index in [0.717, 1.165) is 33.5 Å². The van der Waals surface area contributed by atoms with Crippen LogP contribution in [0.5, 0.6) is 0 Å². The van der Waals surface area contributed by atoms with Crippen LogP contribution in [0.2, 0.25) is 0 Å². The Labute approximate surface area is 148 Å². The van der Waals surface area contributed by atoms with Crippen LogP contribution in [0.15, 0.2) is 48.7 Å². The van der Waals surface area contributed by atoms with E-state index in [0.29, 0.717) is 0 Å². The highest BCUT2D eigenvalue weighted by atomic mass is 16.1. The number of nitrogens with one attached hydrogen (secondary N) is 2. The smallest absolute Gasteiger partial charge is 0.248 e. The zero-order valence-corrected chi connectivity index (χ0v) is 15.1. The van der Waals surface area contributed by atoms with Gasteiger partial charge in [-0.25, -0.2) is 0 Å². The zero-order chi connectivity index (χ0) is 18.0. The summed E-state index contributed by atoms with van der Waals surface area (Å²) in [7, 11) is 0. The van der Waals surface area contributed by atoms with E-state index in [1.165, 1.54) is 0 Å². The first-order chi connectivity index (χ1) is 11.8. The molecule has 0 bridgehead atoms. The van der Waals surface area contributed by atoms with Gasteiger partial charge in [0, 0.05) is 40.3 Å². The van der Waals surface area contributed by atoms with Crippen molar-refractivity contribution in [1.29, 1.82) is 0 Å². The average molecular weight is 333 g/mol. The minimum Gasteiger partial charge on any atom is -0.361 e.